The predicted octanol–water partition coefficient (Wildman–Crippen LogP) is 3.34. The van der Waals surface area contributed by atoms with Gasteiger partial charge in [-0.05, 0) is 44.4 Å². The normalized spacial score (nSPS) is 15.3. The first-order chi connectivity index (χ1) is 11.6. The van der Waals surface area contributed by atoms with E-state index in [1.165, 1.54) is 11.1 Å². The molecule has 0 N–H and O–H groups in total. The number of thiophene rings is 1. The van der Waals surface area contributed by atoms with Crippen LogP contribution in [0.25, 0.3) is 10.2 Å². The van der Waals surface area contributed by atoms with Crippen LogP contribution < -0.4 is 9.80 Å². The molecule has 124 valence electrons. The van der Waals surface area contributed by atoms with Gasteiger partial charge in [-0.15, -0.1) is 11.3 Å². The zero-order valence-electron chi connectivity index (χ0n) is 14.3. The fourth-order valence-electron chi connectivity index (χ4n) is 3.36. The number of hydrogen-bond donors (Lipinski definition) is 0. The van der Waals surface area contributed by atoms with Crippen molar-refractivity contribution in [2.75, 3.05) is 36.0 Å². The van der Waals surface area contributed by atoms with Crippen molar-refractivity contribution in [1.29, 1.82) is 0 Å². The van der Waals surface area contributed by atoms with E-state index in [4.69, 9.17) is 4.98 Å². The molecule has 0 aromatic carbocycles. The van der Waals surface area contributed by atoms with Crippen molar-refractivity contribution in [2.24, 2.45) is 0 Å². The van der Waals surface area contributed by atoms with Crippen molar-refractivity contribution >= 4 is 33.1 Å². The van der Waals surface area contributed by atoms with E-state index < -0.39 is 0 Å². The fraction of sp³-hybridized carbons (Fsp3) is 0.389. The van der Waals surface area contributed by atoms with Crippen molar-refractivity contribution in [3.8, 4) is 0 Å². The van der Waals surface area contributed by atoms with E-state index in [2.05, 4.69) is 57.2 Å². The molecule has 1 fully saturated rings. The van der Waals surface area contributed by atoms with Crippen LogP contribution >= 0.6 is 11.3 Å². The maximum Gasteiger partial charge on any atom is 0.141 e. The molecule has 5 nitrogen and oxygen atoms in total. The smallest absolute Gasteiger partial charge is 0.141 e. The monoisotopic (exact) mass is 339 g/mol. The summed E-state index contributed by atoms with van der Waals surface area (Å²) < 4.78 is 0. The molecule has 0 saturated carbocycles. The van der Waals surface area contributed by atoms with Crippen LogP contribution in [0.3, 0.4) is 0 Å². The summed E-state index contributed by atoms with van der Waals surface area (Å²) in [5.41, 5.74) is 3.44. The third-order valence-corrected chi connectivity index (χ3v) is 5.23. The van der Waals surface area contributed by atoms with Gasteiger partial charge in [0.1, 0.15) is 16.5 Å². The van der Waals surface area contributed by atoms with E-state index in [0.717, 1.165) is 54.0 Å². The van der Waals surface area contributed by atoms with Crippen LogP contribution in [0.5, 0.6) is 0 Å². The average Bonchev–Trinajstić information content (AvgIpc) is 3.01. The van der Waals surface area contributed by atoms with Crippen molar-refractivity contribution in [1.82, 2.24) is 15.0 Å². The van der Waals surface area contributed by atoms with Crippen LogP contribution in [-0.2, 0) is 0 Å². The zero-order valence-corrected chi connectivity index (χ0v) is 15.1. The Morgan fingerprint density at radius 3 is 2.25 bits per heavy atom. The van der Waals surface area contributed by atoms with Crippen LogP contribution in [0.15, 0.2) is 23.6 Å². The number of piperazine rings is 1. The lowest BCUT2D eigenvalue weighted by Gasteiger charge is -2.37. The summed E-state index contributed by atoms with van der Waals surface area (Å²) >= 11 is 1.69. The SMILES string of the molecule is Cc1cc(N2CCN(c3nc(C)nc4sccc34)CC2)cc(C)n1. The molecule has 1 aliphatic heterocycles. The molecule has 1 aliphatic rings. The standard InChI is InChI=1S/C18H21N5S/c1-12-10-15(11-13(2)19-12)22-5-7-23(8-6-22)17-16-4-9-24-18(16)21-14(3)20-17/h4,9-11H,5-8H2,1-3H3. The molecule has 4 rings (SSSR count). The lowest BCUT2D eigenvalue weighted by atomic mass is 10.2. The van der Waals surface area contributed by atoms with E-state index in [0.29, 0.717) is 0 Å². The second-order valence-electron chi connectivity index (χ2n) is 6.32. The van der Waals surface area contributed by atoms with Crippen molar-refractivity contribution in [3.63, 3.8) is 0 Å². The molecule has 1 saturated heterocycles. The zero-order chi connectivity index (χ0) is 16.7. The maximum atomic E-state index is 4.72. The van der Waals surface area contributed by atoms with Gasteiger partial charge in [0.25, 0.3) is 0 Å². The van der Waals surface area contributed by atoms with E-state index in [9.17, 15) is 0 Å². The summed E-state index contributed by atoms with van der Waals surface area (Å²) in [6.45, 7) is 10.0. The van der Waals surface area contributed by atoms with Crippen LogP contribution in [0.4, 0.5) is 11.5 Å². The second-order valence-corrected chi connectivity index (χ2v) is 7.21. The quantitative estimate of drug-likeness (QED) is 0.716. The van der Waals surface area contributed by atoms with Crippen LogP contribution in [-0.4, -0.2) is 41.1 Å². The molecule has 0 radical (unpaired) electrons. The van der Waals surface area contributed by atoms with Gasteiger partial charge in [-0.3, -0.25) is 4.98 Å². The lowest BCUT2D eigenvalue weighted by Crippen LogP contribution is -2.47. The van der Waals surface area contributed by atoms with E-state index in [1.807, 2.05) is 6.92 Å². The Morgan fingerprint density at radius 1 is 0.875 bits per heavy atom. The number of aromatic nitrogens is 3. The molecule has 0 aliphatic carbocycles. The molecule has 24 heavy (non-hydrogen) atoms. The summed E-state index contributed by atoms with van der Waals surface area (Å²) in [6.07, 6.45) is 0. The molecule has 3 aromatic heterocycles. The molecule has 0 atom stereocenters. The average molecular weight is 339 g/mol. The van der Waals surface area contributed by atoms with Gasteiger partial charge in [-0.1, -0.05) is 0 Å². The van der Waals surface area contributed by atoms with Crippen molar-refractivity contribution < 1.29 is 0 Å². The van der Waals surface area contributed by atoms with Gasteiger partial charge >= 0.3 is 0 Å². The summed E-state index contributed by atoms with van der Waals surface area (Å²) in [7, 11) is 0. The first kappa shape index (κ1) is 15.3. The van der Waals surface area contributed by atoms with Gasteiger partial charge in [-0.25, -0.2) is 9.97 Å². The van der Waals surface area contributed by atoms with Gasteiger partial charge in [0.15, 0.2) is 0 Å². The molecule has 0 bridgehead atoms. The van der Waals surface area contributed by atoms with Gasteiger partial charge in [0.05, 0.1) is 5.39 Å². The highest BCUT2D eigenvalue weighted by atomic mass is 32.1. The molecule has 4 heterocycles. The van der Waals surface area contributed by atoms with E-state index >= 15 is 0 Å². The molecule has 3 aromatic rings. The maximum absolute atomic E-state index is 4.72. The van der Waals surface area contributed by atoms with Crippen LogP contribution in [0.2, 0.25) is 0 Å². The Labute approximate surface area is 146 Å². The van der Waals surface area contributed by atoms with E-state index in [-0.39, 0.29) is 0 Å². The van der Waals surface area contributed by atoms with Crippen LogP contribution in [0, 0.1) is 20.8 Å². The fourth-order valence-corrected chi connectivity index (χ4v) is 4.16. The highest BCUT2D eigenvalue weighted by molar-refractivity contribution is 7.16. The third kappa shape index (κ3) is 2.82. The first-order valence-electron chi connectivity index (χ1n) is 8.27. The van der Waals surface area contributed by atoms with Gasteiger partial charge in [-0.2, -0.15) is 0 Å². The lowest BCUT2D eigenvalue weighted by molar-refractivity contribution is 0.647. The Bertz CT molecular complexity index is 860. The summed E-state index contributed by atoms with van der Waals surface area (Å²) in [6, 6.07) is 6.49. The minimum Gasteiger partial charge on any atom is -0.368 e. The Kier molecular flexibility index (Phi) is 3.84. The molecular weight excluding hydrogens is 318 g/mol. The number of pyridine rings is 1. The number of anilines is 2. The van der Waals surface area contributed by atoms with E-state index in [1.54, 1.807) is 11.3 Å². The highest BCUT2D eigenvalue weighted by Gasteiger charge is 2.21. The molecule has 0 spiro atoms. The minimum atomic E-state index is 0.850. The Balaban J connectivity index is 1.56. The first-order valence-corrected chi connectivity index (χ1v) is 9.15. The number of nitrogens with zero attached hydrogens (tertiary/aromatic N) is 5. The van der Waals surface area contributed by atoms with Gasteiger partial charge < -0.3 is 9.80 Å². The molecule has 0 amide bonds. The van der Waals surface area contributed by atoms with Gasteiger partial charge in [0, 0.05) is 43.3 Å². The molecule has 0 unspecified atom stereocenters. The summed E-state index contributed by atoms with van der Waals surface area (Å²) in [5, 5.41) is 3.27. The predicted molar refractivity (Wildman–Crippen MR) is 100 cm³/mol. The Morgan fingerprint density at radius 2 is 1.54 bits per heavy atom. The number of hydrogen-bond acceptors (Lipinski definition) is 6. The summed E-state index contributed by atoms with van der Waals surface area (Å²) in [5.74, 6) is 1.93. The largest absolute Gasteiger partial charge is 0.368 e. The second kappa shape index (κ2) is 6.02. The topological polar surface area (TPSA) is 45.2 Å². The number of rotatable bonds is 2. The minimum absolute atomic E-state index is 0.850. The van der Waals surface area contributed by atoms with Gasteiger partial charge in [0.2, 0.25) is 0 Å². The Hall–Kier alpha value is -2.21. The van der Waals surface area contributed by atoms with Crippen molar-refractivity contribution in [2.45, 2.75) is 20.8 Å². The number of aryl methyl sites for hydroxylation is 3. The number of fused-ring (bicyclic) bond motifs is 1. The highest BCUT2D eigenvalue weighted by Crippen LogP contribution is 2.29. The third-order valence-electron chi connectivity index (χ3n) is 4.43. The summed E-state index contributed by atoms with van der Waals surface area (Å²) in [4.78, 5) is 19.6. The molecule has 6 heteroatoms. The molecular formula is C18H21N5S. The van der Waals surface area contributed by atoms with Crippen LogP contribution in [0.1, 0.15) is 17.2 Å². The van der Waals surface area contributed by atoms with Crippen molar-refractivity contribution in [3.05, 3.63) is 40.8 Å².